The van der Waals surface area contributed by atoms with Crippen LogP contribution in [0, 0.1) is 0 Å². The first-order chi connectivity index (χ1) is 9.20. The van der Waals surface area contributed by atoms with Crippen molar-refractivity contribution in [3.05, 3.63) is 36.9 Å². The molecule has 0 fully saturated rings. The fraction of sp³-hybridized carbons (Fsp3) is 0.286. The summed E-state index contributed by atoms with van der Waals surface area (Å²) < 4.78 is 5.22. The van der Waals surface area contributed by atoms with Gasteiger partial charge in [-0.3, -0.25) is 4.79 Å². The van der Waals surface area contributed by atoms with Crippen molar-refractivity contribution < 1.29 is 9.21 Å². The zero-order valence-electron chi connectivity index (χ0n) is 10.8. The SMILES string of the molecule is CCC[C@@H](N)C(=O)Nc1cccc(-c2cnco2)c1. The van der Waals surface area contributed by atoms with Crippen LogP contribution in [0.3, 0.4) is 0 Å². The Kier molecular flexibility index (Phi) is 4.30. The Hall–Kier alpha value is -2.14. The molecule has 1 aromatic heterocycles. The molecule has 0 aliphatic rings. The quantitative estimate of drug-likeness (QED) is 0.864. The fourth-order valence-corrected chi connectivity index (χ4v) is 1.79. The van der Waals surface area contributed by atoms with Crippen LogP contribution in [0.5, 0.6) is 0 Å². The molecule has 0 aliphatic carbocycles. The number of nitrogens with two attached hydrogens (primary N) is 1. The van der Waals surface area contributed by atoms with Gasteiger partial charge in [0.15, 0.2) is 12.2 Å². The maximum atomic E-state index is 11.8. The molecular weight excluding hydrogens is 242 g/mol. The summed E-state index contributed by atoms with van der Waals surface area (Å²) in [5.41, 5.74) is 7.33. The third kappa shape index (κ3) is 3.42. The van der Waals surface area contributed by atoms with E-state index in [1.54, 1.807) is 6.20 Å². The zero-order chi connectivity index (χ0) is 13.7. The normalized spacial score (nSPS) is 12.1. The molecule has 0 saturated heterocycles. The highest BCUT2D eigenvalue weighted by Crippen LogP contribution is 2.22. The number of nitrogens with one attached hydrogen (secondary N) is 1. The Bertz CT molecular complexity index is 537. The van der Waals surface area contributed by atoms with E-state index in [0.29, 0.717) is 17.9 Å². The van der Waals surface area contributed by atoms with Gasteiger partial charge in [-0.05, 0) is 18.6 Å². The summed E-state index contributed by atoms with van der Waals surface area (Å²) in [6.45, 7) is 2.00. The minimum Gasteiger partial charge on any atom is -0.444 e. The summed E-state index contributed by atoms with van der Waals surface area (Å²) in [7, 11) is 0. The van der Waals surface area contributed by atoms with Gasteiger partial charge in [-0.15, -0.1) is 0 Å². The summed E-state index contributed by atoms with van der Waals surface area (Å²) in [5, 5.41) is 2.80. The summed E-state index contributed by atoms with van der Waals surface area (Å²) in [4.78, 5) is 15.7. The van der Waals surface area contributed by atoms with E-state index >= 15 is 0 Å². The minimum absolute atomic E-state index is 0.170. The first-order valence-electron chi connectivity index (χ1n) is 6.26. The largest absolute Gasteiger partial charge is 0.444 e. The molecule has 0 aliphatic heterocycles. The van der Waals surface area contributed by atoms with Crippen LogP contribution in [-0.2, 0) is 4.79 Å². The van der Waals surface area contributed by atoms with Crippen molar-refractivity contribution in [1.29, 1.82) is 0 Å². The number of oxazole rings is 1. The van der Waals surface area contributed by atoms with E-state index in [9.17, 15) is 4.79 Å². The summed E-state index contributed by atoms with van der Waals surface area (Å²) in [6, 6.07) is 6.91. The van der Waals surface area contributed by atoms with Gasteiger partial charge in [0.05, 0.1) is 12.2 Å². The molecule has 1 heterocycles. The first kappa shape index (κ1) is 13.3. The van der Waals surface area contributed by atoms with Crippen molar-refractivity contribution in [1.82, 2.24) is 4.98 Å². The number of benzene rings is 1. The molecular formula is C14H17N3O2. The number of amides is 1. The number of carbonyl (C=O) groups excluding carboxylic acids is 1. The van der Waals surface area contributed by atoms with E-state index in [-0.39, 0.29) is 5.91 Å². The number of anilines is 1. The lowest BCUT2D eigenvalue weighted by Crippen LogP contribution is -2.35. The molecule has 1 amide bonds. The molecule has 5 nitrogen and oxygen atoms in total. The van der Waals surface area contributed by atoms with Crippen molar-refractivity contribution in [2.24, 2.45) is 5.73 Å². The summed E-state index contributed by atoms with van der Waals surface area (Å²) in [5.74, 6) is 0.491. The maximum Gasteiger partial charge on any atom is 0.241 e. The monoisotopic (exact) mass is 259 g/mol. The van der Waals surface area contributed by atoms with E-state index in [2.05, 4.69) is 10.3 Å². The number of nitrogens with zero attached hydrogens (tertiary/aromatic N) is 1. The molecule has 2 aromatic rings. The van der Waals surface area contributed by atoms with Crippen molar-refractivity contribution >= 4 is 11.6 Å². The number of rotatable bonds is 5. The van der Waals surface area contributed by atoms with Gasteiger partial charge in [-0.1, -0.05) is 25.5 Å². The van der Waals surface area contributed by atoms with Crippen molar-refractivity contribution in [2.45, 2.75) is 25.8 Å². The second kappa shape index (κ2) is 6.15. The first-order valence-corrected chi connectivity index (χ1v) is 6.26. The molecule has 3 N–H and O–H groups in total. The van der Waals surface area contributed by atoms with Gasteiger partial charge in [0.25, 0.3) is 0 Å². The van der Waals surface area contributed by atoms with Crippen molar-refractivity contribution in [3.63, 3.8) is 0 Å². The molecule has 0 spiro atoms. The second-order valence-corrected chi connectivity index (χ2v) is 4.33. The highest BCUT2D eigenvalue weighted by Gasteiger charge is 2.12. The summed E-state index contributed by atoms with van der Waals surface area (Å²) >= 11 is 0. The molecule has 0 saturated carbocycles. The lowest BCUT2D eigenvalue weighted by atomic mass is 10.1. The molecule has 0 unspecified atom stereocenters. The second-order valence-electron chi connectivity index (χ2n) is 4.33. The van der Waals surface area contributed by atoms with Crippen LogP contribution in [0.2, 0.25) is 0 Å². The Morgan fingerprint density at radius 2 is 2.37 bits per heavy atom. The maximum absolute atomic E-state index is 11.8. The van der Waals surface area contributed by atoms with Gasteiger partial charge in [0, 0.05) is 11.3 Å². The Labute approximate surface area is 111 Å². The van der Waals surface area contributed by atoms with Crippen LogP contribution in [-0.4, -0.2) is 16.9 Å². The number of carbonyl (C=O) groups is 1. The van der Waals surface area contributed by atoms with Crippen LogP contribution in [0.1, 0.15) is 19.8 Å². The van der Waals surface area contributed by atoms with E-state index in [0.717, 1.165) is 12.0 Å². The van der Waals surface area contributed by atoms with Crippen LogP contribution < -0.4 is 11.1 Å². The third-order valence-electron chi connectivity index (χ3n) is 2.78. The van der Waals surface area contributed by atoms with Gasteiger partial charge in [-0.25, -0.2) is 4.98 Å². The van der Waals surface area contributed by atoms with E-state index < -0.39 is 6.04 Å². The van der Waals surface area contributed by atoms with Gasteiger partial charge < -0.3 is 15.5 Å². The van der Waals surface area contributed by atoms with Crippen LogP contribution in [0.25, 0.3) is 11.3 Å². The molecule has 19 heavy (non-hydrogen) atoms. The smallest absolute Gasteiger partial charge is 0.241 e. The lowest BCUT2D eigenvalue weighted by molar-refractivity contribution is -0.117. The zero-order valence-corrected chi connectivity index (χ0v) is 10.8. The van der Waals surface area contributed by atoms with Crippen LogP contribution >= 0.6 is 0 Å². The molecule has 1 aromatic carbocycles. The highest BCUT2D eigenvalue weighted by atomic mass is 16.3. The lowest BCUT2D eigenvalue weighted by Gasteiger charge is -2.11. The van der Waals surface area contributed by atoms with Crippen LogP contribution in [0.15, 0.2) is 41.3 Å². The van der Waals surface area contributed by atoms with Gasteiger partial charge >= 0.3 is 0 Å². The predicted molar refractivity (Wildman–Crippen MR) is 73.5 cm³/mol. The highest BCUT2D eigenvalue weighted by molar-refractivity contribution is 5.95. The molecule has 2 rings (SSSR count). The standard InChI is InChI=1S/C14H17N3O2/c1-2-4-12(15)14(18)17-11-6-3-5-10(7-11)13-8-16-9-19-13/h3,5-9,12H,2,4,15H2,1H3,(H,17,18)/t12-/m1/s1. The number of hydrogen-bond donors (Lipinski definition) is 2. The molecule has 0 radical (unpaired) electrons. The third-order valence-corrected chi connectivity index (χ3v) is 2.78. The topological polar surface area (TPSA) is 81.2 Å². The molecule has 100 valence electrons. The van der Waals surface area contributed by atoms with E-state index in [1.165, 1.54) is 6.39 Å². The van der Waals surface area contributed by atoms with Gasteiger partial charge in [0.1, 0.15) is 0 Å². The van der Waals surface area contributed by atoms with Crippen molar-refractivity contribution in [3.8, 4) is 11.3 Å². The molecule has 1 atom stereocenters. The molecule has 0 bridgehead atoms. The average Bonchev–Trinajstić information content (AvgIpc) is 2.93. The fourth-order valence-electron chi connectivity index (χ4n) is 1.79. The van der Waals surface area contributed by atoms with Gasteiger partial charge in [-0.2, -0.15) is 0 Å². The predicted octanol–water partition coefficient (Wildman–Crippen LogP) is 2.41. The number of hydrogen-bond acceptors (Lipinski definition) is 4. The Morgan fingerprint density at radius 1 is 1.53 bits per heavy atom. The van der Waals surface area contributed by atoms with Gasteiger partial charge in [0.2, 0.25) is 5.91 Å². The van der Waals surface area contributed by atoms with E-state index in [1.807, 2.05) is 31.2 Å². The molecule has 5 heteroatoms. The van der Waals surface area contributed by atoms with Crippen LogP contribution in [0.4, 0.5) is 5.69 Å². The average molecular weight is 259 g/mol. The number of aromatic nitrogens is 1. The Morgan fingerprint density at radius 3 is 3.05 bits per heavy atom. The summed E-state index contributed by atoms with van der Waals surface area (Å²) in [6.07, 6.45) is 4.56. The van der Waals surface area contributed by atoms with Crippen molar-refractivity contribution in [2.75, 3.05) is 5.32 Å². The Balaban J connectivity index is 2.09. The van der Waals surface area contributed by atoms with E-state index in [4.69, 9.17) is 10.2 Å². The minimum atomic E-state index is -0.473.